The largest absolute Gasteiger partial charge is 0.449 e. The third-order valence-electron chi connectivity index (χ3n) is 4.58. The minimum Gasteiger partial charge on any atom is -0.449 e. The van der Waals surface area contributed by atoms with E-state index in [4.69, 9.17) is 4.74 Å². The molecule has 0 saturated heterocycles. The Morgan fingerprint density at radius 3 is 2.52 bits per heavy atom. The van der Waals surface area contributed by atoms with Gasteiger partial charge < -0.3 is 10.1 Å². The first-order chi connectivity index (χ1) is 13.7. The summed E-state index contributed by atoms with van der Waals surface area (Å²) in [6, 6.07) is 11.2. The first kappa shape index (κ1) is 21.0. The molecule has 0 bridgehead atoms. The van der Waals surface area contributed by atoms with E-state index in [2.05, 4.69) is 10.0 Å². The molecule has 1 saturated carbocycles. The van der Waals surface area contributed by atoms with E-state index in [1.54, 1.807) is 0 Å². The van der Waals surface area contributed by atoms with Gasteiger partial charge in [-0.25, -0.2) is 17.9 Å². The summed E-state index contributed by atoms with van der Waals surface area (Å²) < 4.78 is 32.4. The predicted molar refractivity (Wildman–Crippen MR) is 109 cm³/mol. The topological polar surface area (TPSA) is 102 Å². The van der Waals surface area contributed by atoms with E-state index in [1.165, 1.54) is 31.2 Å². The van der Waals surface area contributed by atoms with E-state index < -0.39 is 28.0 Å². The van der Waals surface area contributed by atoms with Crippen molar-refractivity contribution in [3.63, 3.8) is 0 Å². The maximum absolute atomic E-state index is 12.4. The molecular weight excluding hydrogens is 392 g/mol. The van der Waals surface area contributed by atoms with Crippen LogP contribution in [0.3, 0.4) is 0 Å². The van der Waals surface area contributed by atoms with Crippen molar-refractivity contribution in [2.45, 2.75) is 50.7 Å². The molecule has 1 unspecified atom stereocenters. The van der Waals surface area contributed by atoms with Gasteiger partial charge in [0, 0.05) is 11.7 Å². The second kappa shape index (κ2) is 8.34. The Hall–Kier alpha value is -2.71. The number of sulfonamides is 1. The van der Waals surface area contributed by atoms with Crippen LogP contribution in [-0.2, 0) is 19.6 Å². The van der Waals surface area contributed by atoms with Crippen LogP contribution in [0.1, 0.15) is 41.3 Å². The molecule has 0 heterocycles. The van der Waals surface area contributed by atoms with Gasteiger partial charge in [0.15, 0.2) is 6.10 Å². The molecule has 0 spiro atoms. The molecule has 1 aliphatic carbocycles. The molecule has 2 N–H and O–H groups in total. The molecule has 0 radical (unpaired) electrons. The zero-order chi connectivity index (χ0) is 21.2. The molecule has 1 aliphatic rings. The summed E-state index contributed by atoms with van der Waals surface area (Å²) in [4.78, 5) is 24.8. The number of carbonyl (C=O) groups is 2. The van der Waals surface area contributed by atoms with Crippen LogP contribution in [0.15, 0.2) is 47.4 Å². The minimum absolute atomic E-state index is 0.00802. The fourth-order valence-corrected chi connectivity index (χ4v) is 4.02. The molecule has 2 aromatic rings. The number of rotatable bonds is 7. The SMILES string of the molecule is Cc1ccc(C)c(NC(=O)C(C)OC(=O)c2cccc(S(=O)(=O)NC3CC3)c2)c1. The van der Waals surface area contributed by atoms with Crippen LogP contribution in [0, 0.1) is 13.8 Å². The summed E-state index contributed by atoms with van der Waals surface area (Å²) in [5.41, 5.74) is 2.60. The van der Waals surface area contributed by atoms with Crippen molar-refractivity contribution in [3.05, 3.63) is 59.2 Å². The molecule has 0 aliphatic heterocycles. The molecule has 7 nitrogen and oxygen atoms in total. The van der Waals surface area contributed by atoms with Crippen LogP contribution in [0.4, 0.5) is 5.69 Å². The lowest BCUT2D eigenvalue weighted by molar-refractivity contribution is -0.123. The molecule has 1 amide bonds. The molecule has 2 aromatic carbocycles. The summed E-state index contributed by atoms with van der Waals surface area (Å²) in [7, 11) is -3.68. The second-order valence-corrected chi connectivity index (χ2v) is 8.99. The molecule has 154 valence electrons. The standard InChI is InChI=1S/C21H24N2O5S/c1-13-7-8-14(2)19(11-13)22-20(24)15(3)28-21(25)16-5-4-6-18(12-16)29(26,27)23-17-9-10-17/h4-8,11-12,15,17,23H,9-10H2,1-3H3,(H,22,24). The van der Waals surface area contributed by atoms with Gasteiger partial charge in [0.25, 0.3) is 5.91 Å². The molecule has 3 rings (SSSR count). The third kappa shape index (κ3) is 5.42. The normalized spacial score (nSPS) is 14.9. The van der Waals surface area contributed by atoms with Gasteiger partial charge >= 0.3 is 5.97 Å². The maximum Gasteiger partial charge on any atom is 0.338 e. The summed E-state index contributed by atoms with van der Waals surface area (Å²) >= 11 is 0. The monoisotopic (exact) mass is 416 g/mol. The maximum atomic E-state index is 12.4. The number of benzene rings is 2. The van der Waals surface area contributed by atoms with Crippen LogP contribution in [-0.4, -0.2) is 32.4 Å². The Kier molecular flexibility index (Phi) is 6.04. The van der Waals surface area contributed by atoms with E-state index in [0.717, 1.165) is 24.0 Å². The number of aryl methyl sites for hydroxylation is 2. The zero-order valence-electron chi connectivity index (χ0n) is 16.6. The highest BCUT2D eigenvalue weighted by Crippen LogP contribution is 2.23. The molecule has 1 fully saturated rings. The number of anilines is 1. The number of esters is 1. The van der Waals surface area contributed by atoms with Crippen LogP contribution in [0.5, 0.6) is 0 Å². The lowest BCUT2D eigenvalue weighted by Gasteiger charge is -2.15. The first-order valence-corrected chi connectivity index (χ1v) is 10.9. The van der Waals surface area contributed by atoms with Crippen LogP contribution in [0.2, 0.25) is 0 Å². The van der Waals surface area contributed by atoms with Crippen LogP contribution < -0.4 is 10.0 Å². The second-order valence-electron chi connectivity index (χ2n) is 7.28. The smallest absolute Gasteiger partial charge is 0.338 e. The van der Waals surface area contributed by atoms with Gasteiger partial charge in [-0.3, -0.25) is 4.79 Å². The van der Waals surface area contributed by atoms with Gasteiger partial charge in [-0.05, 0) is 69.0 Å². The van der Waals surface area contributed by atoms with Gasteiger partial charge in [0.2, 0.25) is 10.0 Å². The van der Waals surface area contributed by atoms with Crippen molar-refractivity contribution in [1.29, 1.82) is 0 Å². The van der Waals surface area contributed by atoms with Gasteiger partial charge in [0.05, 0.1) is 10.5 Å². The highest BCUT2D eigenvalue weighted by atomic mass is 32.2. The van der Waals surface area contributed by atoms with E-state index in [-0.39, 0.29) is 16.5 Å². The molecule has 8 heteroatoms. The van der Waals surface area contributed by atoms with E-state index in [1.807, 2.05) is 32.0 Å². The highest BCUT2D eigenvalue weighted by Gasteiger charge is 2.28. The summed E-state index contributed by atoms with van der Waals surface area (Å²) in [5.74, 6) is -1.23. The van der Waals surface area contributed by atoms with Crippen LogP contribution in [0.25, 0.3) is 0 Å². The van der Waals surface area contributed by atoms with Crippen molar-refractivity contribution in [1.82, 2.24) is 4.72 Å². The quantitative estimate of drug-likeness (QED) is 0.676. The van der Waals surface area contributed by atoms with Gasteiger partial charge in [-0.15, -0.1) is 0 Å². The lowest BCUT2D eigenvalue weighted by Crippen LogP contribution is -2.30. The predicted octanol–water partition coefficient (Wildman–Crippen LogP) is 2.93. The van der Waals surface area contributed by atoms with E-state index in [0.29, 0.717) is 5.69 Å². The zero-order valence-corrected chi connectivity index (χ0v) is 17.4. The Bertz CT molecular complexity index is 1040. The number of amides is 1. The Morgan fingerprint density at radius 1 is 1.10 bits per heavy atom. The fourth-order valence-electron chi connectivity index (χ4n) is 2.67. The summed E-state index contributed by atoms with van der Waals surface area (Å²) in [6.07, 6.45) is 0.578. The average Bonchev–Trinajstić information content (AvgIpc) is 3.48. The number of ether oxygens (including phenoxy) is 1. The molecule has 0 aromatic heterocycles. The molecule has 29 heavy (non-hydrogen) atoms. The Balaban J connectivity index is 1.67. The Morgan fingerprint density at radius 2 is 1.83 bits per heavy atom. The van der Waals surface area contributed by atoms with E-state index in [9.17, 15) is 18.0 Å². The first-order valence-electron chi connectivity index (χ1n) is 9.37. The number of carbonyl (C=O) groups excluding carboxylic acids is 2. The van der Waals surface area contributed by atoms with Crippen molar-refractivity contribution in [2.75, 3.05) is 5.32 Å². The number of hydrogen-bond donors (Lipinski definition) is 2. The van der Waals surface area contributed by atoms with Crippen molar-refractivity contribution in [2.24, 2.45) is 0 Å². The lowest BCUT2D eigenvalue weighted by atomic mass is 10.1. The van der Waals surface area contributed by atoms with Crippen molar-refractivity contribution < 1.29 is 22.7 Å². The summed E-state index contributed by atoms with van der Waals surface area (Å²) in [5, 5.41) is 2.75. The summed E-state index contributed by atoms with van der Waals surface area (Å²) in [6.45, 7) is 5.25. The average molecular weight is 416 g/mol. The van der Waals surface area contributed by atoms with E-state index >= 15 is 0 Å². The van der Waals surface area contributed by atoms with Gasteiger partial charge in [-0.2, -0.15) is 0 Å². The van der Waals surface area contributed by atoms with Gasteiger partial charge in [-0.1, -0.05) is 18.2 Å². The van der Waals surface area contributed by atoms with Crippen molar-refractivity contribution in [3.8, 4) is 0 Å². The molecule has 1 atom stereocenters. The number of hydrogen-bond acceptors (Lipinski definition) is 5. The van der Waals surface area contributed by atoms with Crippen LogP contribution >= 0.6 is 0 Å². The third-order valence-corrected chi connectivity index (χ3v) is 6.10. The highest BCUT2D eigenvalue weighted by molar-refractivity contribution is 7.89. The fraction of sp³-hybridized carbons (Fsp3) is 0.333. The minimum atomic E-state index is -3.68. The van der Waals surface area contributed by atoms with Crippen molar-refractivity contribution >= 4 is 27.6 Å². The Labute approximate surface area is 170 Å². The molecular formula is C21H24N2O5S. The number of nitrogens with one attached hydrogen (secondary N) is 2. The van der Waals surface area contributed by atoms with Gasteiger partial charge in [0.1, 0.15) is 0 Å².